The molecule has 2 N–H and O–H groups in total. The second kappa shape index (κ2) is 7.59. The van der Waals surface area contributed by atoms with E-state index < -0.39 is 0 Å². The number of carbonyl (C=O) groups excluding carboxylic acids is 2. The molecule has 118 valence electrons. The van der Waals surface area contributed by atoms with Crippen molar-refractivity contribution in [2.75, 3.05) is 31.5 Å². The molecule has 1 saturated heterocycles. The van der Waals surface area contributed by atoms with Gasteiger partial charge in [0.1, 0.15) is 0 Å². The molecule has 0 aromatic carbocycles. The fourth-order valence-corrected chi connectivity index (χ4v) is 2.48. The van der Waals surface area contributed by atoms with Crippen LogP contribution in [0.25, 0.3) is 0 Å². The van der Waals surface area contributed by atoms with E-state index in [2.05, 4.69) is 22.2 Å². The zero-order chi connectivity index (χ0) is 15.9. The summed E-state index contributed by atoms with van der Waals surface area (Å²) in [6.07, 6.45) is 5.49. The Bertz CT molecular complexity index is 559. The van der Waals surface area contributed by atoms with Gasteiger partial charge in [0.2, 0.25) is 11.8 Å². The Morgan fingerprint density at radius 1 is 1.55 bits per heavy atom. The molecule has 0 aliphatic carbocycles. The van der Waals surface area contributed by atoms with E-state index in [0.717, 1.165) is 11.3 Å². The van der Waals surface area contributed by atoms with Gasteiger partial charge in [-0.2, -0.15) is 0 Å². The summed E-state index contributed by atoms with van der Waals surface area (Å²) in [5.74, 6) is -0.297. The average molecular weight is 302 g/mol. The first-order chi connectivity index (χ1) is 10.6. The fraction of sp³-hybridized carbons (Fsp3) is 0.438. The Balaban J connectivity index is 1.71. The molecule has 1 unspecified atom stereocenters. The van der Waals surface area contributed by atoms with E-state index >= 15 is 0 Å². The summed E-state index contributed by atoms with van der Waals surface area (Å²) in [7, 11) is 0. The van der Waals surface area contributed by atoms with E-state index in [1.165, 1.54) is 0 Å². The number of hydrogen-bond acceptors (Lipinski definition) is 4. The summed E-state index contributed by atoms with van der Waals surface area (Å²) in [4.78, 5) is 29.5. The van der Waals surface area contributed by atoms with Crippen molar-refractivity contribution in [2.45, 2.75) is 13.3 Å². The molecule has 1 aliphatic rings. The second-order valence-electron chi connectivity index (χ2n) is 5.40. The monoisotopic (exact) mass is 302 g/mol. The fourth-order valence-electron chi connectivity index (χ4n) is 2.48. The van der Waals surface area contributed by atoms with Crippen molar-refractivity contribution in [3.8, 4) is 0 Å². The Morgan fingerprint density at radius 2 is 2.36 bits per heavy atom. The predicted octanol–water partition coefficient (Wildman–Crippen LogP) is 0.953. The van der Waals surface area contributed by atoms with E-state index in [4.69, 9.17) is 0 Å². The van der Waals surface area contributed by atoms with Crippen LogP contribution in [0.3, 0.4) is 0 Å². The zero-order valence-corrected chi connectivity index (χ0v) is 12.8. The maximum Gasteiger partial charge on any atom is 0.225 e. The standard InChI is InChI=1S/C16H22N4O2/c1-3-8-20-11-13(9-15(20)21)16(22)19-7-6-18-14-4-5-17-10-12(14)2/h3-5,10,13H,1,6-9,11H2,2H3,(H,17,18)(H,19,22). The molecule has 6 heteroatoms. The Kier molecular flexibility index (Phi) is 5.52. The lowest BCUT2D eigenvalue weighted by Crippen LogP contribution is -2.35. The molecule has 0 spiro atoms. The van der Waals surface area contributed by atoms with Gasteiger partial charge in [0.15, 0.2) is 0 Å². The molecular formula is C16H22N4O2. The highest BCUT2D eigenvalue weighted by Gasteiger charge is 2.33. The Labute approximate surface area is 130 Å². The summed E-state index contributed by atoms with van der Waals surface area (Å²) in [6, 6.07) is 1.90. The lowest BCUT2D eigenvalue weighted by molar-refractivity contribution is -0.128. The Morgan fingerprint density at radius 3 is 3.09 bits per heavy atom. The number of amides is 2. The van der Waals surface area contributed by atoms with Crippen LogP contribution in [-0.2, 0) is 9.59 Å². The number of likely N-dealkylation sites (tertiary alicyclic amines) is 1. The van der Waals surface area contributed by atoms with Gasteiger partial charge in [-0.05, 0) is 18.6 Å². The molecule has 2 rings (SSSR count). The summed E-state index contributed by atoms with van der Waals surface area (Å²) < 4.78 is 0. The van der Waals surface area contributed by atoms with Crippen molar-refractivity contribution >= 4 is 17.5 Å². The maximum atomic E-state index is 12.1. The molecule has 1 aromatic heterocycles. The molecule has 0 saturated carbocycles. The number of nitrogens with zero attached hydrogens (tertiary/aromatic N) is 2. The SMILES string of the molecule is C=CCN1CC(C(=O)NCCNc2ccncc2C)CC1=O. The van der Waals surface area contributed by atoms with Gasteiger partial charge in [-0.15, -0.1) is 6.58 Å². The van der Waals surface area contributed by atoms with Crippen molar-refractivity contribution in [2.24, 2.45) is 5.92 Å². The highest BCUT2D eigenvalue weighted by Crippen LogP contribution is 2.17. The van der Waals surface area contributed by atoms with E-state index in [1.807, 2.05) is 13.0 Å². The van der Waals surface area contributed by atoms with Crippen LogP contribution in [0, 0.1) is 12.8 Å². The molecule has 1 aliphatic heterocycles. The average Bonchev–Trinajstić information content (AvgIpc) is 2.87. The van der Waals surface area contributed by atoms with Gasteiger partial charge in [0, 0.05) is 50.7 Å². The van der Waals surface area contributed by atoms with Crippen LogP contribution in [0.2, 0.25) is 0 Å². The van der Waals surface area contributed by atoms with Crippen molar-refractivity contribution in [1.29, 1.82) is 0 Å². The molecule has 0 bridgehead atoms. The van der Waals surface area contributed by atoms with E-state index in [1.54, 1.807) is 23.4 Å². The number of rotatable bonds is 7. The summed E-state index contributed by atoms with van der Waals surface area (Å²) in [6.45, 7) is 7.73. The van der Waals surface area contributed by atoms with Crippen molar-refractivity contribution in [1.82, 2.24) is 15.2 Å². The van der Waals surface area contributed by atoms with Gasteiger partial charge in [0.05, 0.1) is 5.92 Å². The largest absolute Gasteiger partial charge is 0.383 e. The molecule has 0 radical (unpaired) electrons. The minimum atomic E-state index is -0.255. The van der Waals surface area contributed by atoms with Crippen LogP contribution in [0.15, 0.2) is 31.1 Å². The number of aryl methyl sites for hydroxylation is 1. The zero-order valence-electron chi connectivity index (χ0n) is 12.8. The third kappa shape index (κ3) is 4.07. The number of carbonyl (C=O) groups is 2. The molecule has 1 aromatic rings. The van der Waals surface area contributed by atoms with Crippen LogP contribution < -0.4 is 10.6 Å². The topological polar surface area (TPSA) is 74.3 Å². The molecule has 6 nitrogen and oxygen atoms in total. The first-order valence-electron chi connectivity index (χ1n) is 7.42. The number of aromatic nitrogens is 1. The highest BCUT2D eigenvalue weighted by atomic mass is 16.2. The number of nitrogens with one attached hydrogen (secondary N) is 2. The molecule has 1 atom stereocenters. The van der Waals surface area contributed by atoms with Crippen LogP contribution in [0.4, 0.5) is 5.69 Å². The van der Waals surface area contributed by atoms with Gasteiger partial charge >= 0.3 is 0 Å². The Hall–Kier alpha value is -2.37. The van der Waals surface area contributed by atoms with E-state index in [9.17, 15) is 9.59 Å². The van der Waals surface area contributed by atoms with Crippen molar-refractivity contribution in [3.05, 3.63) is 36.7 Å². The molecular weight excluding hydrogens is 280 g/mol. The van der Waals surface area contributed by atoms with Crippen molar-refractivity contribution in [3.63, 3.8) is 0 Å². The van der Waals surface area contributed by atoms with Gasteiger partial charge in [-0.25, -0.2) is 0 Å². The number of anilines is 1. The first kappa shape index (κ1) is 16.0. The molecule has 2 amide bonds. The normalized spacial score (nSPS) is 17.4. The van der Waals surface area contributed by atoms with E-state index in [-0.39, 0.29) is 24.2 Å². The van der Waals surface area contributed by atoms with Gasteiger partial charge in [-0.3, -0.25) is 14.6 Å². The first-order valence-corrected chi connectivity index (χ1v) is 7.42. The third-order valence-electron chi connectivity index (χ3n) is 3.69. The van der Waals surface area contributed by atoms with Crippen LogP contribution in [0.1, 0.15) is 12.0 Å². The predicted molar refractivity (Wildman–Crippen MR) is 85.4 cm³/mol. The molecule has 2 heterocycles. The number of hydrogen-bond donors (Lipinski definition) is 2. The smallest absolute Gasteiger partial charge is 0.225 e. The summed E-state index contributed by atoms with van der Waals surface area (Å²) in [5.41, 5.74) is 2.08. The summed E-state index contributed by atoms with van der Waals surface area (Å²) >= 11 is 0. The van der Waals surface area contributed by atoms with Crippen LogP contribution >= 0.6 is 0 Å². The lowest BCUT2D eigenvalue weighted by Gasteiger charge is -2.14. The quantitative estimate of drug-likeness (QED) is 0.581. The summed E-state index contributed by atoms with van der Waals surface area (Å²) in [5, 5.41) is 6.13. The lowest BCUT2D eigenvalue weighted by atomic mass is 10.1. The highest BCUT2D eigenvalue weighted by molar-refractivity contribution is 5.89. The van der Waals surface area contributed by atoms with Crippen LogP contribution in [-0.4, -0.2) is 47.9 Å². The second-order valence-corrected chi connectivity index (χ2v) is 5.40. The van der Waals surface area contributed by atoms with Gasteiger partial charge in [-0.1, -0.05) is 6.08 Å². The molecule has 1 fully saturated rings. The maximum absolute atomic E-state index is 12.1. The third-order valence-corrected chi connectivity index (χ3v) is 3.69. The minimum Gasteiger partial charge on any atom is -0.383 e. The van der Waals surface area contributed by atoms with Gasteiger partial charge in [0.25, 0.3) is 0 Å². The van der Waals surface area contributed by atoms with Crippen LogP contribution in [0.5, 0.6) is 0 Å². The minimum absolute atomic E-state index is 0.0191. The number of pyridine rings is 1. The van der Waals surface area contributed by atoms with Gasteiger partial charge < -0.3 is 15.5 Å². The molecule has 22 heavy (non-hydrogen) atoms. The van der Waals surface area contributed by atoms with E-state index in [0.29, 0.717) is 26.2 Å². The van der Waals surface area contributed by atoms with Crippen molar-refractivity contribution < 1.29 is 9.59 Å².